The third-order valence-electron chi connectivity index (χ3n) is 4.65. The van der Waals surface area contributed by atoms with E-state index in [1.54, 1.807) is 0 Å². The van der Waals surface area contributed by atoms with Crippen LogP contribution in [0.3, 0.4) is 0 Å². The number of benzene rings is 1. The van der Waals surface area contributed by atoms with Crippen molar-refractivity contribution >= 4 is 5.69 Å². The molecule has 3 heteroatoms. The molecule has 1 aliphatic heterocycles. The minimum atomic E-state index is 0.454. The summed E-state index contributed by atoms with van der Waals surface area (Å²) in [5.41, 5.74) is 2.83. The summed E-state index contributed by atoms with van der Waals surface area (Å²) in [4.78, 5) is 2.60. The van der Waals surface area contributed by atoms with E-state index in [-0.39, 0.29) is 0 Å². The van der Waals surface area contributed by atoms with Crippen LogP contribution in [0.5, 0.6) is 0 Å². The molecule has 1 aromatic rings. The predicted molar refractivity (Wildman–Crippen MR) is 87.7 cm³/mol. The molecule has 116 valence electrons. The van der Waals surface area contributed by atoms with Crippen LogP contribution in [0.15, 0.2) is 24.3 Å². The second-order valence-corrected chi connectivity index (χ2v) is 6.75. The first kappa shape index (κ1) is 14.9. The molecule has 0 radical (unpaired) electrons. The maximum atomic E-state index is 5.95. The first-order valence-electron chi connectivity index (χ1n) is 8.42. The molecule has 2 unspecified atom stereocenters. The van der Waals surface area contributed by atoms with Gasteiger partial charge in [-0.05, 0) is 43.4 Å². The number of para-hydroxylation sites is 1. The molecule has 2 fully saturated rings. The second-order valence-electron chi connectivity index (χ2n) is 6.75. The monoisotopic (exact) mass is 288 g/mol. The molecule has 2 atom stereocenters. The zero-order valence-corrected chi connectivity index (χ0v) is 13.3. The molecule has 3 nitrogen and oxygen atoms in total. The van der Waals surface area contributed by atoms with Crippen LogP contribution in [-0.4, -0.2) is 31.8 Å². The van der Waals surface area contributed by atoms with Crippen molar-refractivity contribution in [3.8, 4) is 0 Å². The highest BCUT2D eigenvalue weighted by atomic mass is 16.5. The molecular weight excluding hydrogens is 260 g/mol. The molecule has 1 heterocycles. The summed E-state index contributed by atoms with van der Waals surface area (Å²) in [7, 11) is 0. The number of nitrogens with one attached hydrogen (secondary N) is 1. The van der Waals surface area contributed by atoms with Gasteiger partial charge >= 0.3 is 0 Å². The van der Waals surface area contributed by atoms with Crippen molar-refractivity contribution in [3.05, 3.63) is 29.8 Å². The first-order chi connectivity index (χ1) is 10.3. The summed E-state index contributed by atoms with van der Waals surface area (Å²) in [6.45, 7) is 8.44. The predicted octanol–water partition coefficient (Wildman–Crippen LogP) is 3.19. The molecule has 2 aliphatic rings. The van der Waals surface area contributed by atoms with Crippen molar-refractivity contribution in [1.29, 1.82) is 0 Å². The number of ether oxygens (including phenoxy) is 1. The number of fused-ring (bicyclic) bond motifs is 1. The third-order valence-corrected chi connectivity index (χ3v) is 4.65. The Morgan fingerprint density at radius 3 is 3.00 bits per heavy atom. The SMILES string of the molecule is CC(C)CNCc1ccccc1N1CCOC2CCCC21. The number of hydrogen-bond acceptors (Lipinski definition) is 3. The molecular formula is C18H28N2O. The molecule has 0 spiro atoms. The van der Waals surface area contributed by atoms with Crippen molar-refractivity contribution in [3.63, 3.8) is 0 Å². The van der Waals surface area contributed by atoms with E-state index in [0.29, 0.717) is 18.1 Å². The quantitative estimate of drug-likeness (QED) is 0.900. The van der Waals surface area contributed by atoms with Crippen molar-refractivity contribution in [2.75, 3.05) is 24.6 Å². The van der Waals surface area contributed by atoms with Gasteiger partial charge in [-0.15, -0.1) is 0 Å². The Labute approximate surface area is 128 Å². The van der Waals surface area contributed by atoms with Crippen LogP contribution < -0.4 is 10.2 Å². The van der Waals surface area contributed by atoms with Crippen molar-refractivity contribution < 1.29 is 4.74 Å². The van der Waals surface area contributed by atoms with Crippen LogP contribution in [0.2, 0.25) is 0 Å². The number of hydrogen-bond donors (Lipinski definition) is 1. The van der Waals surface area contributed by atoms with Gasteiger partial charge in [0, 0.05) is 18.8 Å². The lowest BCUT2D eigenvalue weighted by Crippen LogP contribution is -2.49. The van der Waals surface area contributed by atoms with E-state index in [9.17, 15) is 0 Å². The molecule has 21 heavy (non-hydrogen) atoms. The molecule has 0 amide bonds. The summed E-state index contributed by atoms with van der Waals surface area (Å²) >= 11 is 0. The lowest BCUT2D eigenvalue weighted by molar-refractivity contribution is 0.0256. The molecule has 1 aliphatic carbocycles. The zero-order chi connectivity index (χ0) is 14.7. The van der Waals surface area contributed by atoms with Crippen LogP contribution in [0.4, 0.5) is 5.69 Å². The zero-order valence-electron chi connectivity index (χ0n) is 13.3. The first-order valence-corrected chi connectivity index (χ1v) is 8.42. The van der Waals surface area contributed by atoms with Crippen LogP contribution in [0, 0.1) is 5.92 Å². The van der Waals surface area contributed by atoms with E-state index in [0.717, 1.165) is 26.2 Å². The van der Waals surface area contributed by atoms with E-state index in [2.05, 4.69) is 48.3 Å². The summed E-state index contributed by atoms with van der Waals surface area (Å²) in [5.74, 6) is 0.694. The molecule has 0 bridgehead atoms. The Balaban J connectivity index is 1.74. The van der Waals surface area contributed by atoms with Gasteiger partial charge in [0.15, 0.2) is 0 Å². The summed E-state index contributed by atoms with van der Waals surface area (Å²) in [6.07, 6.45) is 4.27. The molecule has 1 saturated carbocycles. The maximum Gasteiger partial charge on any atom is 0.0779 e. The average molecular weight is 288 g/mol. The number of nitrogens with zero attached hydrogens (tertiary/aromatic N) is 1. The minimum Gasteiger partial charge on any atom is -0.374 e. The van der Waals surface area contributed by atoms with E-state index < -0.39 is 0 Å². The standard InChI is InChI=1S/C18H28N2O/c1-14(2)12-19-13-15-6-3-4-7-16(15)20-10-11-21-18-9-5-8-17(18)20/h3-4,6-7,14,17-19H,5,8-13H2,1-2H3. The highest BCUT2D eigenvalue weighted by Gasteiger charge is 2.36. The highest BCUT2D eigenvalue weighted by Crippen LogP contribution is 2.34. The third kappa shape index (κ3) is 3.41. The number of morpholine rings is 1. The molecule has 1 saturated heterocycles. The Morgan fingerprint density at radius 2 is 2.14 bits per heavy atom. The minimum absolute atomic E-state index is 0.454. The van der Waals surface area contributed by atoms with Gasteiger partial charge in [-0.2, -0.15) is 0 Å². The lowest BCUT2D eigenvalue weighted by atomic mass is 10.1. The van der Waals surface area contributed by atoms with E-state index in [1.807, 2.05) is 0 Å². The van der Waals surface area contributed by atoms with Gasteiger partial charge in [0.2, 0.25) is 0 Å². The van der Waals surface area contributed by atoms with E-state index in [1.165, 1.54) is 30.5 Å². The summed E-state index contributed by atoms with van der Waals surface area (Å²) < 4.78 is 5.95. The summed E-state index contributed by atoms with van der Waals surface area (Å²) in [5, 5.41) is 3.58. The van der Waals surface area contributed by atoms with Gasteiger partial charge in [0.25, 0.3) is 0 Å². The average Bonchev–Trinajstić information content (AvgIpc) is 2.96. The molecule has 3 rings (SSSR count). The fraction of sp³-hybridized carbons (Fsp3) is 0.667. The van der Waals surface area contributed by atoms with Crippen molar-refractivity contribution in [2.45, 2.75) is 51.8 Å². The fourth-order valence-electron chi connectivity index (χ4n) is 3.66. The van der Waals surface area contributed by atoms with Gasteiger partial charge in [-0.25, -0.2) is 0 Å². The van der Waals surface area contributed by atoms with Crippen LogP contribution in [0.1, 0.15) is 38.7 Å². The highest BCUT2D eigenvalue weighted by molar-refractivity contribution is 5.55. The van der Waals surface area contributed by atoms with E-state index in [4.69, 9.17) is 4.74 Å². The van der Waals surface area contributed by atoms with Crippen molar-refractivity contribution in [2.24, 2.45) is 5.92 Å². The van der Waals surface area contributed by atoms with Gasteiger partial charge in [0.05, 0.1) is 18.8 Å². The van der Waals surface area contributed by atoms with Gasteiger partial charge < -0.3 is 15.0 Å². The largest absolute Gasteiger partial charge is 0.374 e. The van der Waals surface area contributed by atoms with Gasteiger partial charge in [-0.3, -0.25) is 0 Å². The van der Waals surface area contributed by atoms with E-state index >= 15 is 0 Å². The smallest absolute Gasteiger partial charge is 0.0779 e. The summed E-state index contributed by atoms with van der Waals surface area (Å²) in [6, 6.07) is 9.46. The Morgan fingerprint density at radius 1 is 1.29 bits per heavy atom. The number of anilines is 1. The van der Waals surface area contributed by atoms with Gasteiger partial charge in [0.1, 0.15) is 0 Å². The normalized spacial score (nSPS) is 25.4. The second kappa shape index (κ2) is 6.80. The molecule has 0 aromatic heterocycles. The maximum absolute atomic E-state index is 5.95. The topological polar surface area (TPSA) is 24.5 Å². The Hall–Kier alpha value is -1.06. The molecule has 1 aromatic carbocycles. The fourth-order valence-corrected chi connectivity index (χ4v) is 3.66. The Bertz CT molecular complexity index is 460. The van der Waals surface area contributed by atoms with Crippen LogP contribution >= 0.6 is 0 Å². The van der Waals surface area contributed by atoms with Crippen LogP contribution in [-0.2, 0) is 11.3 Å². The van der Waals surface area contributed by atoms with Gasteiger partial charge in [-0.1, -0.05) is 32.0 Å². The number of rotatable bonds is 5. The van der Waals surface area contributed by atoms with Crippen molar-refractivity contribution in [1.82, 2.24) is 5.32 Å². The molecule has 1 N–H and O–H groups in total. The lowest BCUT2D eigenvalue weighted by Gasteiger charge is -2.40. The van der Waals surface area contributed by atoms with Crippen LogP contribution in [0.25, 0.3) is 0 Å². The Kier molecular flexibility index (Phi) is 4.81.